The van der Waals surface area contributed by atoms with Crippen LogP contribution in [-0.2, 0) is 51.7 Å². The van der Waals surface area contributed by atoms with Crippen molar-refractivity contribution in [3.05, 3.63) is 136 Å². The highest BCUT2D eigenvalue weighted by Crippen LogP contribution is 2.43. The van der Waals surface area contributed by atoms with E-state index in [4.69, 9.17) is 24.0 Å². The van der Waals surface area contributed by atoms with Crippen molar-refractivity contribution in [2.24, 2.45) is 4.99 Å². The van der Waals surface area contributed by atoms with E-state index in [2.05, 4.69) is 38.1 Å². The van der Waals surface area contributed by atoms with Gasteiger partial charge in [0, 0.05) is 64.2 Å². The Morgan fingerprint density at radius 2 is 1.41 bits per heavy atom. The number of aryl methyl sites for hydroxylation is 2. The number of imide groups is 1. The molecule has 4 amide bonds. The van der Waals surface area contributed by atoms with Crippen LogP contribution in [0.3, 0.4) is 0 Å². The van der Waals surface area contributed by atoms with E-state index in [1.807, 2.05) is 77.5 Å². The van der Waals surface area contributed by atoms with Crippen LogP contribution in [0, 0.1) is 6.92 Å². The monoisotopic (exact) mass is 978 g/mol. The first-order valence-electron chi connectivity index (χ1n) is 23.8. The summed E-state index contributed by atoms with van der Waals surface area (Å²) in [6.07, 6.45) is 6.80. The molecule has 15 heteroatoms. The molecule has 1 fully saturated rings. The van der Waals surface area contributed by atoms with Crippen LogP contribution in [-0.4, -0.2) is 76.3 Å². The average molecular weight is 979 g/mol. The minimum absolute atomic E-state index is 0.0151. The topological polar surface area (TPSA) is 144 Å². The van der Waals surface area contributed by atoms with Crippen molar-refractivity contribution in [2.45, 2.75) is 107 Å². The SMILES string of the molecule is COc1cc2c(cc1OCc1cc(COc3cc4c(cc3C)C(=O)N3c5ccccc5C[C@H]3CC4)cc(SCCCC(C)(C)SCC(=O)ON3C(=O)CCC3=O)c1)N=C[C@@H]1Cc3ccccc3N1C2=O. The fourth-order valence-corrected chi connectivity index (χ4v) is 11.8. The number of thioether (sulfide) groups is 2. The molecule has 70 heavy (non-hydrogen) atoms. The summed E-state index contributed by atoms with van der Waals surface area (Å²) < 4.78 is 18.7. The first kappa shape index (κ1) is 47.1. The molecule has 0 saturated carbocycles. The van der Waals surface area contributed by atoms with Gasteiger partial charge in [0.15, 0.2) is 11.5 Å². The summed E-state index contributed by atoms with van der Waals surface area (Å²) in [5.41, 5.74) is 9.66. The van der Waals surface area contributed by atoms with Crippen LogP contribution < -0.4 is 24.0 Å². The van der Waals surface area contributed by atoms with Crippen molar-refractivity contribution < 1.29 is 43.0 Å². The van der Waals surface area contributed by atoms with Crippen LogP contribution in [0.15, 0.2) is 101 Å². The quantitative estimate of drug-likeness (QED) is 0.0529. The number of anilines is 2. The maximum atomic E-state index is 14.1. The van der Waals surface area contributed by atoms with Crippen LogP contribution in [0.1, 0.15) is 100 Å². The first-order chi connectivity index (χ1) is 33.8. The first-order valence-corrected chi connectivity index (χ1v) is 25.7. The van der Waals surface area contributed by atoms with Crippen LogP contribution >= 0.6 is 23.5 Å². The molecular formula is C55H54N4O9S2. The van der Waals surface area contributed by atoms with Crippen LogP contribution in [0.25, 0.3) is 0 Å². The normalized spacial score (nSPS) is 17.9. The lowest BCUT2D eigenvalue weighted by Gasteiger charge is -2.24. The lowest BCUT2D eigenvalue weighted by molar-refractivity contribution is -0.195. The third-order valence-electron chi connectivity index (χ3n) is 13.6. The van der Waals surface area contributed by atoms with Crippen LogP contribution in [0.2, 0.25) is 0 Å². The fraction of sp³-hybridized carbons (Fsp3) is 0.345. The molecule has 0 aliphatic carbocycles. The molecule has 0 unspecified atom stereocenters. The maximum absolute atomic E-state index is 14.1. The van der Waals surface area contributed by atoms with Crippen molar-refractivity contribution in [2.75, 3.05) is 28.4 Å². The van der Waals surface area contributed by atoms with Gasteiger partial charge in [-0.3, -0.25) is 29.1 Å². The van der Waals surface area contributed by atoms with E-state index in [0.29, 0.717) is 34.2 Å². The van der Waals surface area contributed by atoms with Crippen LogP contribution in [0.4, 0.5) is 17.1 Å². The van der Waals surface area contributed by atoms with Crippen LogP contribution in [0.5, 0.6) is 17.2 Å². The minimum Gasteiger partial charge on any atom is -0.493 e. The third-order valence-corrected chi connectivity index (χ3v) is 16.0. The Morgan fingerprint density at radius 1 is 0.743 bits per heavy atom. The van der Waals surface area contributed by atoms with Gasteiger partial charge < -0.3 is 23.9 Å². The Kier molecular flexibility index (Phi) is 13.2. The minimum atomic E-state index is -0.623. The van der Waals surface area contributed by atoms with E-state index in [1.165, 1.54) is 17.3 Å². The molecule has 5 aliphatic heterocycles. The summed E-state index contributed by atoms with van der Waals surface area (Å²) in [4.78, 5) is 79.2. The van der Waals surface area contributed by atoms with Gasteiger partial charge in [0.2, 0.25) is 0 Å². The maximum Gasteiger partial charge on any atom is 0.343 e. The lowest BCUT2D eigenvalue weighted by atomic mass is 9.98. The molecule has 13 nitrogen and oxygen atoms in total. The molecule has 1 saturated heterocycles. The van der Waals surface area contributed by atoms with E-state index < -0.39 is 17.8 Å². The molecular weight excluding hydrogens is 925 g/mol. The van der Waals surface area contributed by atoms with Crippen molar-refractivity contribution in [3.8, 4) is 17.2 Å². The zero-order chi connectivity index (χ0) is 48.7. The Balaban J connectivity index is 0.846. The molecule has 0 radical (unpaired) electrons. The number of methoxy groups -OCH3 is 1. The standard InChI is InChI=1S/C55H54N4O9S2/c1-33-20-42-36(14-15-39-24-37-10-5-7-12-45(37)57(39)53(42)63)26-47(33)66-30-34-21-35(23-41(22-34)69-19-9-18-55(2,3)70-32-52(62)68-59-50(60)16-17-51(59)61)31-67-49-28-44-43(27-48(49)65-4)54(64)58-40(29-56-44)25-38-11-6-8-13-46(38)58/h5-8,10-13,20-23,26-29,39-40H,9,14-19,24-25,30-32H2,1-4H3/t39-,40+/m1/s1. The number of carbonyl (C=O) groups is 5. The molecule has 5 aliphatic rings. The van der Waals surface area contributed by atoms with E-state index in [0.717, 1.165) is 93.3 Å². The third kappa shape index (κ3) is 9.65. The van der Waals surface area contributed by atoms with Crippen molar-refractivity contribution in [1.29, 1.82) is 0 Å². The summed E-state index contributed by atoms with van der Waals surface area (Å²) in [5.74, 6) is 0.732. The number of para-hydroxylation sites is 2. The second kappa shape index (κ2) is 19.7. The molecule has 360 valence electrons. The van der Waals surface area contributed by atoms with E-state index in [9.17, 15) is 24.0 Å². The second-order valence-electron chi connectivity index (χ2n) is 19.0. The van der Waals surface area contributed by atoms with Crippen molar-refractivity contribution in [1.82, 2.24) is 5.06 Å². The number of nitrogens with zero attached hydrogens (tertiary/aromatic N) is 4. The van der Waals surface area contributed by atoms with Gasteiger partial charge in [-0.15, -0.1) is 28.6 Å². The number of hydrogen-bond donors (Lipinski definition) is 0. The molecule has 0 aromatic heterocycles. The summed E-state index contributed by atoms with van der Waals surface area (Å²) in [6, 6.07) is 29.9. The highest BCUT2D eigenvalue weighted by atomic mass is 32.2. The van der Waals surface area contributed by atoms with E-state index in [-0.39, 0.29) is 60.5 Å². The van der Waals surface area contributed by atoms with E-state index in [1.54, 1.807) is 31.0 Å². The lowest BCUT2D eigenvalue weighted by Crippen LogP contribution is -2.37. The van der Waals surface area contributed by atoms with Crippen molar-refractivity contribution in [3.63, 3.8) is 0 Å². The van der Waals surface area contributed by atoms with Gasteiger partial charge in [0.1, 0.15) is 19.0 Å². The molecule has 5 aromatic carbocycles. The van der Waals surface area contributed by atoms with Crippen molar-refractivity contribution >= 4 is 76.4 Å². The van der Waals surface area contributed by atoms with Gasteiger partial charge in [-0.1, -0.05) is 50.2 Å². The summed E-state index contributed by atoms with van der Waals surface area (Å²) >= 11 is 3.15. The van der Waals surface area contributed by atoms with Gasteiger partial charge in [-0.05, 0) is 127 Å². The van der Waals surface area contributed by atoms with Gasteiger partial charge in [0.05, 0.1) is 30.2 Å². The zero-order valence-corrected chi connectivity index (χ0v) is 41.3. The molecule has 5 heterocycles. The number of carbonyl (C=O) groups excluding carboxylic acids is 5. The van der Waals surface area contributed by atoms with Gasteiger partial charge in [-0.25, -0.2) is 4.79 Å². The summed E-state index contributed by atoms with van der Waals surface area (Å²) in [5, 5.41) is 0.590. The zero-order valence-electron chi connectivity index (χ0n) is 39.7. The largest absolute Gasteiger partial charge is 0.493 e. The number of ether oxygens (including phenoxy) is 3. The van der Waals surface area contributed by atoms with Gasteiger partial charge in [0.25, 0.3) is 23.6 Å². The second-order valence-corrected chi connectivity index (χ2v) is 21.8. The smallest absolute Gasteiger partial charge is 0.343 e. The number of fused-ring (bicyclic) bond motifs is 8. The fourth-order valence-electron chi connectivity index (χ4n) is 10.0. The molecule has 0 bridgehead atoms. The Labute approximate surface area is 415 Å². The Morgan fingerprint density at radius 3 is 2.14 bits per heavy atom. The summed E-state index contributed by atoms with van der Waals surface area (Å²) in [7, 11) is 1.56. The predicted molar refractivity (Wildman–Crippen MR) is 271 cm³/mol. The molecule has 2 atom stereocenters. The van der Waals surface area contributed by atoms with E-state index >= 15 is 0 Å². The number of aliphatic imine (C=N–C) groups is 1. The predicted octanol–water partition coefficient (Wildman–Crippen LogP) is 9.96. The highest BCUT2D eigenvalue weighted by molar-refractivity contribution is 8.01. The average Bonchev–Trinajstić information content (AvgIpc) is 3.97. The Hall–Kier alpha value is -6.58. The number of benzene rings is 5. The summed E-state index contributed by atoms with van der Waals surface area (Å²) in [6.45, 7) is 6.61. The Bertz CT molecular complexity index is 2960. The molecule has 10 rings (SSSR count). The molecule has 0 spiro atoms. The number of hydrogen-bond acceptors (Lipinski definition) is 12. The molecule has 5 aromatic rings. The van der Waals surface area contributed by atoms with Gasteiger partial charge in [-0.2, -0.15) is 0 Å². The van der Waals surface area contributed by atoms with Gasteiger partial charge >= 0.3 is 5.97 Å². The number of amides is 4. The highest BCUT2D eigenvalue weighted by Gasteiger charge is 2.39. The number of rotatable bonds is 16. The number of hydroxylamine groups is 2. The molecule has 0 N–H and O–H groups in total.